The van der Waals surface area contributed by atoms with Gasteiger partial charge < -0.3 is 10.1 Å². The third-order valence-electron chi connectivity index (χ3n) is 5.23. The molecule has 3 aromatic rings. The summed E-state index contributed by atoms with van der Waals surface area (Å²) in [5.74, 6) is -0.0595. The Hall–Kier alpha value is -3.22. The molecule has 33 heavy (non-hydrogen) atoms. The summed E-state index contributed by atoms with van der Waals surface area (Å²) in [6, 6.07) is 12.4. The van der Waals surface area contributed by atoms with Crippen LogP contribution in [0.1, 0.15) is 21.6 Å². The summed E-state index contributed by atoms with van der Waals surface area (Å²) < 4.78 is 56.5. The number of sulfone groups is 1. The Labute approximate surface area is 191 Å². The van der Waals surface area contributed by atoms with Crippen LogP contribution >= 0.6 is 0 Å². The van der Waals surface area contributed by atoms with Crippen LogP contribution in [0.3, 0.4) is 0 Å². The van der Waals surface area contributed by atoms with E-state index in [-0.39, 0.29) is 27.8 Å². The number of fused-ring (bicyclic) bond motifs is 1. The summed E-state index contributed by atoms with van der Waals surface area (Å²) in [5, 5.41) is 7.18. The molecule has 1 amide bonds. The lowest BCUT2D eigenvalue weighted by Crippen LogP contribution is -2.22. The van der Waals surface area contributed by atoms with Crippen molar-refractivity contribution >= 4 is 31.6 Å². The molecule has 0 saturated carbocycles. The van der Waals surface area contributed by atoms with E-state index in [0.717, 1.165) is 4.31 Å². The highest BCUT2D eigenvalue weighted by atomic mass is 32.2. The number of carbonyl (C=O) groups excluding carboxylic acids is 1. The standard InChI is InChI=1S/C21H22N4O6S2/c1-24(2)33(29,30)17-10-4-14(5-11-17)21(26)22-20-18-12-32(27,28)13-19(18)23-25(20)15-6-8-16(31-3)9-7-15/h4-11H,12-13H2,1-3H3,(H,22,26). The van der Waals surface area contributed by atoms with Crippen LogP contribution in [0.2, 0.25) is 0 Å². The predicted molar refractivity (Wildman–Crippen MR) is 122 cm³/mol. The second-order valence-corrected chi connectivity index (χ2v) is 11.9. The molecule has 10 nitrogen and oxygen atoms in total. The molecule has 2 heterocycles. The molecule has 0 radical (unpaired) electrons. The molecule has 2 aromatic carbocycles. The fraction of sp³-hybridized carbons (Fsp3) is 0.238. The van der Waals surface area contributed by atoms with Gasteiger partial charge in [-0.3, -0.25) is 4.79 Å². The summed E-state index contributed by atoms with van der Waals surface area (Å²) >= 11 is 0. The number of ether oxygens (including phenoxy) is 1. The molecule has 0 atom stereocenters. The summed E-state index contributed by atoms with van der Waals surface area (Å²) in [7, 11) is -2.58. The highest BCUT2D eigenvalue weighted by Crippen LogP contribution is 2.33. The highest BCUT2D eigenvalue weighted by molar-refractivity contribution is 7.90. The Kier molecular flexibility index (Phi) is 5.76. The largest absolute Gasteiger partial charge is 0.497 e. The normalized spacial score (nSPS) is 14.8. The van der Waals surface area contributed by atoms with Gasteiger partial charge in [-0.15, -0.1) is 0 Å². The van der Waals surface area contributed by atoms with Crippen molar-refractivity contribution in [2.45, 2.75) is 16.4 Å². The van der Waals surface area contributed by atoms with Gasteiger partial charge in [0.15, 0.2) is 9.84 Å². The Morgan fingerprint density at radius 2 is 1.70 bits per heavy atom. The van der Waals surface area contributed by atoms with E-state index >= 15 is 0 Å². The van der Waals surface area contributed by atoms with E-state index < -0.39 is 25.8 Å². The van der Waals surface area contributed by atoms with Gasteiger partial charge in [-0.1, -0.05) is 0 Å². The van der Waals surface area contributed by atoms with Crippen LogP contribution in [-0.4, -0.2) is 58.0 Å². The van der Waals surface area contributed by atoms with Crippen LogP contribution < -0.4 is 10.1 Å². The third kappa shape index (κ3) is 4.36. The zero-order valence-electron chi connectivity index (χ0n) is 18.1. The topological polar surface area (TPSA) is 128 Å². The summed E-state index contributed by atoms with van der Waals surface area (Å²) in [4.78, 5) is 13.0. The zero-order valence-corrected chi connectivity index (χ0v) is 19.8. The van der Waals surface area contributed by atoms with E-state index in [2.05, 4.69) is 10.4 Å². The molecule has 1 N–H and O–H groups in total. The second-order valence-electron chi connectivity index (χ2n) is 7.68. The second kappa shape index (κ2) is 8.28. The van der Waals surface area contributed by atoms with Gasteiger partial charge in [-0.2, -0.15) is 5.10 Å². The quantitative estimate of drug-likeness (QED) is 0.558. The van der Waals surface area contributed by atoms with E-state index in [9.17, 15) is 21.6 Å². The van der Waals surface area contributed by atoms with Crippen molar-refractivity contribution in [2.24, 2.45) is 0 Å². The Balaban J connectivity index is 1.69. The molecule has 0 spiro atoms. The Morgan fingerprint density at radius 3 is 2.27 bits per heavy atom. The van der Waals surface area contributed by atoms with Crippen LogP contribution in [0.25, 0.3) is 5.69 Å². The number of nitrogens with zero attached hydrogens (tertiary/aromatic N) is 3. The van der Waals surface area contributed by atoms with Gasteiger partial charge in [-0.05, 0) is 48.5 Å². The fourth-order valence-electron chi connectivity index (χ4n) is 3.45. The van der Waals surface area contributed by atoms with Gasteiger partial charge in [-0.25, -0.2) is 25.8 Å². The van der Waals surface area contributed by atoms with E-state index in [0.29, 0.717) is 22.7 Å². The number of carbonyl (C=O) groups is 1. The molecule has 0 fully saturated rings. The average molecular weight is 491 g/mol. The molecular formula is C21H22N4O6S2. The minimum Gasteiger partial charge on any atom is -0.497 e. The van der Waals surface area contributed by atoms with Crippen molar-refractivity contribution < 1.29 is 26.4 Å². The van der Waals surface area contributed by atoms with Crippen LogP contribution in [0, 0.1) is 0 Å². The van der Waals surface area contributed by atoms with Gasteiger partial charge >= 0.3 is 0 Å². The summed E-state index contributed by atoms with van der Waals surface area (Å²) in [6.45, 7) is 0. The molecule has 1 aliphatic rings. The lowest BCUT2D eigenvalue weighted by Gasteiger charge is -2.13. The van der Waals surface area contributed by atoms with Crippen molar-refractivity contribution in [1.29, 1.82) is 0 Å². The third-order valence-corrected chi connectivity index (χ3v) is 8.50. The smallest absolute Gasteiger partial charge is 0.256 e. The first-order chi connectivity index (χ1) is 15.5. The minimum absolute atomic E-state index is 0.0549. The molecule has 0 saturated heterocycles. The van der Waals surface area contributed by atoms with Gasteiger partial charge in [0.25, 0.3) is 5.91 Å². The summed E-state index contributed by atoms with van der Waals surface area (Å²) in [6.07, 6.45) is 0. The predicted octanol–water partition coefficient (Wildman–Crippen LogP) is 1.81. The fourth-order valence-corrected chi connectivity index (χ4v) is 5.85. The molecule has 0 bridgehead atoms. The van der Waals surface area contributed by atoms with Crippen molar-refractivity contribution in [3.63, 3.8) is 0 Å². The van der Waals surface area contributed by atoms with Crippen molar-refractivity contribution in [3.05, 3.63) is 65.4 Å². The number of aromatic nitrogens is 2. The number of benzene rings is 2. The monoisotopic (exact) mass is 490 g/mol. The van der Waals surface area contributed by atoms with Crippen molar-refractivity contribution in [1.82, 2.24) is 14.1 Å². The van der Waals surface area contributed by atoms with Crippen LogP contribution in [0.15, 0.2) is 53.4 Å². The number of hydrogen-bond acceptors (Lipinski definition) is 7. The number of hydrogen-bond donors (Lipinski definition) is 1. The average Bonchev–Trinajstić information content (AvgIpc) is 3.26. The maximum atomic E-state index is 13.0. The molecule has 12 heteroatoms. The lowest BCUT2D eigenvalue weighted by atomic mass is 10.2. The van der Waals surface area contributed by atoms with Crippen molar-refractivity contribution in [2.75, 3.05) is 26.5 Å². The SMILES string of the molecule is COc1ccc(-n2nc3c(c2NC(=O)c2ccc(S(=O)(=O)N(C)C)cc2)CS(=O)(=O)C3)cc1. The van der Waals surface area contributed by atoms with Crippen molar-refractivity contribution in [3.8, 4) is 11.4 Å². The molecule has 0 aliphatic carbocycles. The maximum absolute atomic E-state index is 13.0. The first-order valence-electron chi connectivity index (χ1n) is 9.81. The lowest BCUT2D eigenvalue weighted by molar-refractivity contribution is 0.102. The van der Waals surface area contributed by atoms with E-state index in [4.69, 9.17) is 4.74 Å². The van der Waals surface area contributed by atoms with Gasteiger partial charge in [0.05, 0.1) is 34.9 Å². The number of rotatable bonds is 6. The Bertz CT molecular complexity index is 1430. The van der Waals surface area contributed by atoms with Crippen LogP contribution in [0.4, 0.5) is 5.82 Å². The van der Waals surface area contributed by atoms with Crippen LogP contribution in [0.5, 0.6) is 5.75 Å². The van der Waals surface area contributed by atoms with E-state index in [1.165, 1.54) is 43.0 Å². The molecule has 0 unspecified atom stereocenters. The number of nitrogens with one attached hydrogen (secondary N) is 1. The summed E-state index contributed by atoms with van der Waals surface area (Å²) in [5.41, 5.74) is 1.65. The first-order valence-corrected chi connectivity index (χ1v) is 13.1. The Morgan fingerprint density at radius 1 is 1.06 bits per heavy atom. The minimum atomic E-state index is -3.63. The van der Waals surface area contributed by atoms with E-state index in [1.54, 1.807) is 31.4 Å². The molecule has 1 aliphatic heterocycles. The van der Waals surface area contributed by atoms with Gasteiger partial charge in [0.2, 0.25) is 10.0 Å². The zero-order chi connectivity index (χ0) is 24.0. The molecular weight excluding hydrogens is 468 g/mol. The number of amides is 1. The van der Waals surface area contributed by atoms with Gasteiger partial charge in [0, 0.05) is 25.2 Å². The number of sulfonamides is 1. The molecule has 4 rings (SSSR count). The number of methoxy groups -OCH3 is 1. The number of anilines is 1. The molecule has 174 valence electrons. The van der Waals surface area contributed by atoms with Gasteiger partial charge in [0.1, 0.15) is 11.6 Å². The highest BCUT2D eigenvalue weighted by Gasteiger charge is 2.33. The first kappa shape index (κ1) is 23.0. The molecule has 1 aromatic heterocycles. The maximum Gasteiger partial charge on any atom is 0.256 e. The van der Waals surface area contributed by atoms with Crippen LogP contribution in [-0.2, 0) is 31.4 Å². The van der Waals surface area contributed by atoms with E-state index in [1.807, 2.05) is 0 Å².